The first-order valence-electron chi connectivity index (χ1n) is 14.2. The number of nitrogens with one attached hydrogen (secondary N) is 1. The zero-order valence-corrected chi connectivity index (χ0v) is 21.6. The van der Waals surface area contributed by atoms with E-state index >= 15 is 0 Å². The SMILES string of the molecule is CCCCCCCCCCCCCCCCCCOc1ccc(-c2cc3ccccc3[nH]2)cc1. The number of para-hydroxylation sites is 1. The Morgan fingerprint density at radius 3 is 1.68 bits per heavy atom. The van der Waals surface area contributed by atoms with Crippen LogP contribution in [0.4, 0.5) is 0 Å². The van der Waals surface area contributed by atoms with Crippen molar-refractivity contribution < 1.29 is 4.74 Å². The van der Waals surface area contributed by atoms with Gasteiger partial charge in [0.25, 0.3) is 0 Å². The first-order valence-corrected chi connectivity index (χ1v) is 14.2. The molecule has 0 unspecified atom stereocenters. The van der Waals surface area contributed by atoms with E-state index in [2.05, 4.69) is 66.5 Å². The summed E-state index contributed by atoms with van der Waals surface area (Å²) in [5, 5.41) is 1.25. The molecule has 0 atom stereocenters. The number of hydrogen-bond acceptors (Lipinski definition) is 1. The Balaban J connectivity index is 1.14. The van der Waals surface area contributed by atoms with Gasteiger partial charge in [-0.05, 0) is 48.4 Å². The molecule has 0 radical (unpaired) electrons. The van der Waals surface area contributed by atoms with E-state index in [1.807, 2.05) is 0 Å². The van der Waals surface area contributed by atoms with Crippen LogP contribution in [0, 0.1) is 0 Å². The Bertz CT molecular complexity index is 862. The first-order chi connectivity index (χ1) is 16.9. The van der Waals surface area contributed by atoms with Crippen LogP contribution < -0.4 is 4.74 Å². The molecule has 0 saturated carbocycles. The molecule has 3 aromatic rings. The maximum atomic E-state index is 5.96. The van der Waals surface area contributed by atoms with Crippen LogP contribution in [0.1, 0.15) is 110 Å². The predicted octanol–water partition coefficient (Wildman–Crippen LogP) is 10.5. The quantitative estimate of drug-likeness (QED) is 0.176. The fraction of sp³-hybridized carbons (Fsp3) is 0.562. The molecule has 1 heterocycles. The largest absolute Gasteiger partial charge is 0.494 e. The van der Waals surface area contributed by atoms with Crippen molar-refractivity contribution in [3.8, 4) is 17.0 Å². The van der Waals surface area contributed by atoms with Gasteiger partial charge in [0.2, 0.25) is 0 Å². The molecule has 1 N–H and O–H groups in total. The lowest BCUT2D eigenvalue weighted by molar-refractivity contribution is 0.304. The highest BCUT2D eigenvalue weighted by Crippen LogP contribution is 2.26. The molecule has 1 aromatic heterocycles. The third-order valence-corrected chi connectivity index (χ3v) is 6.96. The van der Waals surface area contributed by atoms with Crippen molar-refractivity contribution in [1.29, 1.82) is 0 Å². The van der Waals surface area contributed by atoms with Crippen LogP contribution in [0.25, 0.3) is 22.2 Å². The molecule has 2 aromatic carbocycles. The lowest BCUT2D eigenvalue weighted by atomic mass is 10.0. The van der Waals surface area contributed by atoms with E-state index in [0.717, 1.165) is 24.5 Å². The number of fused-ring (bicyclic) bond motifs is 1. The van der Waals surface area contributed by atoms with Crippen molar-refractivity contribution in [3.05, 3.63) is 54.6 Å². The van der Waals surface area contributed by atoms with Crippen LogP contribution in [0.3, 0.4) is 0 Å². The number of benzene rings is 2. The van der Waals surface area contributed by atoms with Gasteiger partial charge < -0.3 is 9.72 Å². The summed E-state index contributed by atoms with van der Waals surface area (Å²) >= 11 is 0. The van der Waals surface area contributed by atoms with Gasteiger partial charge in [0.15, 0.2) is 0 Å². The van der Waals surface area contributed by atoms with Gasteiger partial charge in [0.1, 0.15) is 5.75 Å². The molecule has 0 saturated heterocycles. The summed E-state index contributed by atoms with van der Waals surface area (Å²) < 4.78 is 5.96. The van der Waals surface area contributed by atoms with Crippen molar-refractivity contribution in [3.63, 3.8) is 0 Å². The molecular formula is C32H47NO. The van der Waals surface area contributed by atoms with Gasteiger partial charge in [-0.25, -0.2) is 0 Å². The minimum atomic E-state index is 0.824. The van der Waals surface area contributed by atoms with Gasteiger partial charge in [-0.15, -0.1) is 0 Å². The molecule has 0 aliphatic rings. The summed E-state index contributed by atoms with van der Waals surface area (Å²) in [5.74, 6) is 0.973. The van der Waals surface area contributed by atoms with E-state index < -0.39 is 0 Å². The fourth-order valence-electron chi connectivity index (χ4n) is 4.80. The highest BCUT2D eigenvalue weighted by molar-refractivity contribution is 5.85. The van der Waals surface area contributed by atoms with Crippen molar-refractivity contribution in [2.24, 2.45) is 0 Å². The number of unbranched alkanes of at least 4 members (excludes halogenated alkanes) is 15. The fourth-order valence-corrected chi connectivity index (χ4v) is 4.80. The lowest BCUT2D eigenvalue weighted by Crippen LogP contribution is -1.97. The van der Waals surface area contributed by atoms with Crippen LogP contribution >= 0.6 is 0 Å². The molecule has 34 heavy (non-hydrogen) atoms. The molecule has 0 spiro atoms. The van der Waals surface area contributed by atoms with Crippen molar-refractivity contribution in [2.75, 3.05) is 6.61 Å². The molecule has 0 aliphatic heterocycles. The topological polar surface area (TPSA) is 25.0 Å². The van der Waals surface area contributed by atoms with Crippen molar-refractivity contribution >= 4 is 10.9 Å². The third-order valence-electron chi connectivity index (χ3n) is 6.96. The lowest BCUT2D eigenvalue weighted by Gasteiger charge is -2.07. The molecule has 0 bridgehead atoms. The minimum Gasteiger partial charge on any atom is -0.494 e. The van der Waals surface area contributed by atoms with Crippen molar-refractivity contribution in [2.45, 2.75) is 110 Å². The smallest absolute Gasteiger partial charge is 0.119 e. The second-order valence-corrected chi connectivity index (χ2v) is 9.95. The maximum Gasteiger partial charge on any atom is 0.119 e. The number of H-pyrrole nitrogens is 1. The Morgan fingerprint density at radius 2 is 1.12 bits per heavy atom. The Labute approximate surface area is 208 Å². The van der Waals surface area contributed by atoms with Gasteiger partial charge in [-0.3, -0.25) is 0 Å². The van der Waals surface area contributed by atoms with Gasteiger partial charge in [-0.1, -0.05) is 121 Å². The Morgan fingerprint density at radius 1 is 0.588 bits per heavy atom. The molecule has 186 valence electrons. The van der Waals surface area contributed by atoms with Crippen LogP contribution in [-0.4, -0.2) is 11.6 Å². The minimum absolute atomic E-state index is 0.824. The van der Waals surface area contributed by atoms with Crippen LogP contribution in [-0.2, 0) is 0 Å². The number of aromatic nitrogens is 1. The van der Waals surface area contributed by atoms with Gasteiger partial charge >= 0.3 is 0 Å². The molecule has 0 amide bonds. The number of hydrogen-bond donors (Lipinski definition) is 1. The molecular weight excluding hydrogens is 414 g/mol. The van der Waals surface area contributed by atoms with Gasteiger partial charge in [0, 0.05) is 16.6 Å². The van der Waals surface area contributed by atoms with Gasteiger partial charge in [0.05, 0.1) is 6.61 Å². The highest BCUT2D eigenvalue weighted by Gasteiger charge is 2.03. The average Bonchev–Trinajstić information content (AvgIpc) is 3.31. The predicted molar refractivity (Wildman–Crippen MR) is 149 cm³/mol. The van der Waals surface area contributed by atoms with E-state index in [0.29, 0.717) is 0 Å². The first kappa shape index (κ1) is 26.4. The average molecular weight is 462 g/mol. The summed E-state index contributed by atoms with van der Waals surface area (Å²) in [4.78, 5) is 3.49. The van der Waals surface area contributed by atoms with Crippen molar-refractivity contribution in [1.82, 2.24) is 4.98 Å². The summed E-state index contributed by atoms with van der Waals surface area (Å²) in [6.07, 6.45) is 22.4. The summed E-state index contributed by atoms with van der Waals surface area (Å²) in [5.41, 5.74) is 3.54. The molecule has 0 fully saturated rings. The highest BCUT2D eigenvalue weighted by atomic mass is 16.5. The molecule has 2 nitrogen and oxygen atoms in total. The third kappa shape index (κ3) is 9.95. The second kappa shape index (κ2) is 16.4. The van der Waals surface area contributed by atoms with E-state index in [1.165, 1.54) is 113 Å². The van der Waals surface area contributed by atoms with E-state index in [4.69, 9.17) is 4.74 Å². The van der Waals surface area contributed by atoms with Gasteiger partial charge in [-0.2, -0.15) is 0 Å². The van der Waals surface area contributed by atoms with E-state index in [1.54, 1.807) is 0 Å². The monoisotopic (exact) mass is 461 g/mol. The molecule has 3 rings (SSSR count). The number of aromatic amines is 1. The Kier molecular flexibility index (Phi) is 12.7. The van der Waals surface area contributed by atoms with E-state index in [9.17, 15) is 0 Å². The van der Waals surface area contributed by atoms with Crippen LogP contribution in [0.15, 0.2) is 54.6 Å². The standard InChI is InChI=1S/C32H47NO/c1-2-3-4-5-6-7-8-9-10-11-12-13-14-15-16-19-26-34-30-24-22-28(23-25-30)32-27-29-20-17-18-21-31(29)33-32/h17-18,20-25,27,33H,2-16,19,26H2,1H3. The number of ether oxygens (including phenoxy) is 1. The molecule has 0 aliphatic carbocycles. The van der Waals surface area contributed by atoms with E-state index in [-0.39, 0.29) is 0 Å². The Hall–Kier alpha value is -2.22. The zero-order valence-electron chi connectivity index (χ0n) is 21.6. The maximum absolute atomic E-state index is 5.96. The normalized spacial score (nSPS) is 11.3. The van der Waals surface area contributed by atoms with Crippen LogP contribution in [0.2, 0.25) is 0 Å². The number of rotatable bonds is 19. The molecule has 2 heteroatoms. The van der Waals surface area contributed by atoms with Crippen LogP contribution in [0.5, 0.6) is 5.75 Å². The zero-order chi connectivity index (χ0) is 23.7. The summed E-state index contributed by atoms with van der Waals surface area (Å²) in [6, 6.07) is 19.1. The summed E-state index contributed by atoms with van der Waals surface area (Å²) in [6.45, 7) is 3.12. The summed E-state index contributed by atoms with van der Waals surface area (Å²) in [7, 11) is 0. The second-order valence-electron chi connectivity index (χ2n) is 9.95.